The summed E-state index contributed by atoms with van der Waals surface area (Å²) >= 11 is 1.85. The van der Waals surface area contributed by atoms with Crippen molar-refractivity contribution in [2.45, 2.75) is 45.3 Å². The molecule has 0 spiro atoms. The van der Waals surface area contributed by atoms with Crippen LogP contribution in [0, 0.1) is 6.92 Å². The quantitative estimate of drug-likeness (QED) is 0.924. The second kappa shape index (κ2) is 6.35. The Morgan fingerprint density at radius 2 is 2.16 bits per heavy atom. The molecular weight excluding hydrogens is 254 g/mol. The second-order valence-corrected chi connectivity index (χ2v) is 6.92. The fourth-order valence-electron chi connectivity index (χ4n) is 3.18. The lowest BCUT2D eigenvalue weighted by molar-refractivity contribution is 0.129. The van der Waals surface area contributed by atoms with Crippen molar-refractivity contribution >= 4 is 11.3 Å². The average molecular weight is 281 g/mol. The van der Waals surface area contributed by atoms with Gasteiger partial charge < -0.3 is 10.6 Å². The molecule has 0 radical (unpaired) electrons. The number of thiophene rings is 1. The number of rotatable bonds is 3. The van der Waals surface area contributed by atoms with Crippen LogP contribution in [0.5, 0.6) is 0 Å². The van der Waals surface area contributed by atoms with Gasteiger partial charge in [-0.1, -0.05) is 0 Å². The van der Waals surface area contributed by atoms with E-state index in [4.69, 9.17) is 5.73 Å². The largest absolute Gasteiger partial charge is 0.326 e. The van der Waals surface area contributed by atoms with Crippen LogP contribution in [-0.4, -0.2) is 48.6 Å². The molecule has 108 valence electrons. The highest BCUT2D eigenvalue weighted by molar-refractivity contribution is 7.10. The van der Waals surface area contributed by atoms with E-state index in [0.29, 0.717) is 12.1 Å². The van der Waals surface area contributed by atoms with E-state index in [-0.39, 0.29) is 6.04 Å². The van der Waals surface area contributed by atoms with Gasteiger partial charge in [0.15, 0.2) is 0 Å². The molecular formula is C15H27N3S. The first-order chi connectivity index (χ1) is 9.00. The Morgan fingerprint density at radius 1 is 1.42 bits per heavy atom. The van der Waals surface area contributed by atoms with Crippen LogP contribution in [-0.2, 0) is 0 Å². The molecule has 0 amide bonds. The summed E-state index contributed by atoms with van der Waals surface area (Å²) < 4.78 is 0. The molecule has 0 saturated carbocycles. The third-order valence-corrected chi connectivity index (χ3v) is 5.21. The Hall–Kier alpha value is -0.420. The predicted octanol–water partition coefficient (Wildman–Crippen LogP) is 2.47. The van der Waals surface area contributed by atoms with E-state index in [2.05, 4.69) is 49.1 Å². The Bertz CT molecular complexity index is 402. The summed E-state index contributed by atoms with van der Waals surface area (Å²) in [6.07, 6.45) is 1.23. The maximum Gasteiger partial charge on any atom is 0.0596 e. The van der Waals surface area contributed by atoms with E-state index < -0.39 is 0 Å². The highest BCUT2D eigenvalue weighted by Crippen LogP contribution is 2.33. The second-order valence-electron chi connectivity index (χ2n) is 5.97. The fraction of sp³-hybridized carbons (Fsp3) is 0.733. The van der Waals surface area contributed by atoms with Gasteiger partial charge in [0.05, 0.1) is 6.04 Å². The number of hydrogen-bond donors (Lipinski definition) is 1. The molecule has 19 heavy (non-hydrogen) atoms. The van der Waals surface area contributed by atoms with Crippen molar-refractivity contribution in [2.75, 3.05) is 26.7 Å². The topological polar surface area (TPSA) is 32.5 Å². The molecule has 1 aromatic heterocycles. The summed E-state index contributed by atoms with van der Waals surface area (Å²) in [6.45, 7) is 10.2. The number of hydrogen-bond acceptors (Lipinski definition) is 4. The highest BCUT2D eigenvalue weighted by atomic mass is 32.1. The Labute approximate surface area is 121 Å². The van der Waals surface area contributed by atoms with Gasteiger partial charge in [0, 0.05) is 30.1 Å². The summed E-state index contributed by atoms with van der Waals surface area (Å²) in [5, 5.41) is 2.19. The van der Waals surface area contributed by atoms with Crippen LogP contribution in [0.25, 0.3) is 0 Å². The third kappa shape index (κ3) is 3.37. The van der Waals surface area contributed by atoms with E-state index in [1.807, 2.05) is 11.3 Å². The molecule has 0 bridgehead atoms. The van der Waals surface area contributed by atoms with Crippen molar-refractivity contribution in [3.63, 3.8) is 0 Å². The van der Waals surface area contributed by atoms with Gasteiger partial charge in [-0.15, -0.1) is 11.3 Å². The van der Waals surface area contributed by atoms with Gasteiger partial charge in [0.25, 0.3) is 0 Å². The van der Waals surface area contributed by atoms with Gasteiger partial charge in [-0.2, -0.15) is 0 Å². The average Bonchev–Trinajstić information content (AvgIpc) is 2.65. The molecule has 3 nitrogen and oxygen atoms in total. The van der Waals surface area contributed by atoms with Crippen LogP contribution >= 0.6 is 11.3 Å². The molecule has 2 N–H and O–H groups in total. The van der Waals surface area contributed by atoms with Crippen molar-refractivity contribution in [1.29, 1.82) is 0 Å². The first-order valence-electron chi connectivity index (χ1n) is 7.24. The maximum absolute atomic E-state index is 6.33. The van der Waals surface area contributed by atoms with Crippen molar-refractivity contribution < 1.29 is 0 Å². The van der Waals surface area contributed by atoms with Crippen molar-refractivity contribution in [3.05, 3.63) is 21.9 Å². The minimum Gasteiger partial charge on any atom is -0.326 e. The molecule has 1 aromatic rings. The lowest BCUT2D eigenvalue weighted by atomic mass is 10.0. The Kier molecular flexibility index (Phi) is 5.01. The Morgan fingerprint density at radius 3 is 2.74 bits per heavy atom. The molecule has 0 aliphatic carbocycles. The molecule has 1 aliphatic rings. The zero-order valence-electron chi connectivity index (χ0n) is 12.6. The van der Waals surface area contributed by atoms with E-state index in [0.717, 1.165) is 13.1 Å². The number of likely N-dealkylation sites (N-methyl/N-ethyl adjacent to an activating group) is 1. The lowest BCUT2D eigenvalue weighted by Gasteiger charge is -2.37. The highest BCUT2D eigenvalue weighted by Gasteiger charge is 2.31. The first-order valence-corrected chi connectivity index (χ1v) is 8.12. The van der Waals surface area contributed by atoms with Gasteiger partial charge in [0.2, 0.25) is 0 Å². The van der Waals surface area contributed by atoms with E-state index >= 15 is 0 Å². The van der Waals surface area contributed by atoms with E-state index in [1.165, 1.54) is 23.4 Å². The standard InChI is InChI=1S/C15H27N3S/c1-11-6-9-19-15(11)14(13(3)16)18-8-5-7-17(4)10-12(18)2/h6,9,12-14H,5,7-8,10,16H2,1-4H3. The summed E-state index contributed by atoms with van der Waals surface area (Å²) in [6, 6.07) is 3.30. The Balaban J connectivity index is 2.26. The maximum atomic E-state index is 6.33. The molecule has 4 heteroatoms. The molecule has 1 fully saturated rings. The first kappa shape index (κ1) is 15.0. The molecule has 3 unspecified atom stereocenters. The van der Waals surface area contributed by atoms with Crippen LogP contribution in [0.2, 0.25) is 0 Å². The van der Waals surface area contributed by atoms with Crippen molar-refractivity contribution in [2.24, 2.45) is 5.73 Å². The van der Waals surface area contributed by atoms with E-state index in [1.54, 1.807) is 0 Å². The molecule has 1 aliphatic heterocycles. The zero-order chi connectivity index (χ0) is 14.0. The smallest absolute Gasteiger partial charge is 0.0596 e. The summed E-state index contributed by atoms with van der Waals surface area (Å²) in [4.78, 5) is 6.50. The predicted molar refractivity (Wildman–Crippen MR) is 83.7 cm³/mol. The van der Waals surface area contributed by atoms with Crippen molar-refractivity contribution in [1.82, 2.24) is 9.80 Å². The lowest BCUT2D eigenvalue weighted by Crippen LogP contribution is -2.46. The molecule has 0 aromatic carbocycles. The minimum absolute atomic E-state index is 0.170. The van der Waals surface area contributed by atoms with Gasteiger partial charge >= 0.3 is 0 Å². The minimum atomic E-state index is 0.170. The van der Waals surface area contributed by atoms with Crippen LogP contribution in [0.4, 0.5) is 0 Å². The summed E-state index contributed by atoms with van der Waals surface area (Å²) in [7, 11) is 2.22. The van der Waals surface area contributed by atoms with Crippen LogP contribution in [0.3, 0.4) is 0 Å². The molecule has 2 heterocycles. The molecule has 1 saturated heterocycles. The fourth-order valence-corrected chi connectivity index (χ4v) is 4.35. The van der Waals surface area contributed by atoms with Crippen LogP contribution in [0.1, 0.15) is 36.8 Å². The van der Waals surface area contributed by atoms with E-state index in [9.17, 15) is 0 Å². The van der Waals surface area contributed by atoms with Crippen LogP contribution in [0.15, 0.2) is 11.4 Å². The van der Waals surface area contributed by atoms with Gasteiger partial charge in [-0.3, -0.25) is 4.90 Å². The van der Waals surface area contributed by atoms with Gasteiger partial charge in [-0.05, 0) is 57.8 Å². The third-order valence-electron chi connectivity index (χ3n) is 4.12. The molecule has 2 rings (SSSR count). The van der Waals surface area contributed by atoms with Gasteiger partial charge in [0.1, 0.15) is 0 Å². The van der Waals surface area contributed by atoms with Crippen LogP contribution < -0.4 is 5.73 Å². The SMILES string of the molecule is Cc1ccsc1C(C(C)N)N1CCCN(C)CC1C. The van der Waals surface area contributed by atoms with Gasteiger partial charge in [-0.25, -0.2) is 0 Å². The number of aryl methyl sites for hydroxylation is 1. The zero-order valence-corrected chi connectivity index (χ0v) is 13.4. The summed E-state index contributed by atoms with van der Waals surface area (Å²) in [5.41, 5.74) is 7.71. The number of nitrogens with zero attached hydrogens (tertiary/aromatic N) is 2. The molecule has 3 atom stereocenters. The normalized spacial score (nSPS) is 26.1. The monoisotopic (exact) mass is 281 g/mol. The number of nitrogens with two attached hydrogens (primary N) is 1. The van der Waals surface area contributed by atoms with Crippen molar-refractivity contribution in [3.8, 4) is 0 Å². The summed E-state index contributed by atoms with van der Waals surface area (Å²) in [5.74, 6) is 0.